The smallest absolute Gasteiger partial charge is 0.108 e. The van der Waals surface area contributed by atoms with E-state index < -0.39 is 0 Å². The van der Waals surface area contributed by atoms with Gasteiger partial charge in [0.2, 0.25) is 0 Å². The summed E-state index contributed by atoms with van der Waals surface area (Å²) in [4.78, 5) is 6.98. The lowest BCUT2D eigenvalue weighted by Crippen LogP contribution is -2.36. The third-order valence-electron chi connectivity index (χ3n) is 4.40. The van der Waals surface area contributed by atoms with Crippen molar-refractivity contribution in [2.75, 3.05) is 13.1 Å². The number of aryl methyl sites for hydroxylation is 1. The second-order valence-electron chi connectivity index (χ2n) is 6.14. The molecule has 0 spiro atoms. The zero-order chi connectivity index (χ0) is 15.5. The summed E-state index contributed by atoms with van der Waals surface area (Å²) in [5.41, 5.74) is 1.20. The molecule has 22 heavy (non-hydrogen) atoms. The Labute approximate surface area is 145 Å². The first-order chi connectivity index (χ1) is 10.6. The largest absolute Gasteiger partial charge is 0.338 e. The average Bonchev–Trinajstić information content (AvgIpc) is 2.89. The van der Waals surface area contributed by atoms with Crippen molar-refractivity contribution in [3.05, 3.63) is 51.5 Å². The van der Waals surface area contributed by atoms with E-state index >= 15 is 0 Å². The summed E-state index contributed by atoms with van der Waals surface area (Å²) in [6, 6.07) is 6.09. The van der Waals surface area contributed by atoms with E-state index in [4.69, 9.17) is 11.6 Å². The molecule has 0 unspecified atom stereocenters. The highest BCUT2D eigenvalue weighted by molar-refractivity contribution is 9.10. The molecule has 3 nitrogen and oxygen atoms in total. The minimum Gasteiger partial charge on any atom is -0.338 e. The van der Waals surface area contributed by atoms with Gasteiger partial charge in [0, 0.05) is 48.4 Å². The molecule has 1 fully saturated rings. The summed E-state index contributed by atoms with van der Waals surface area (Å²) in [7, 11) is 2.07. The molecule has 2 heterocycles. The number of hydrogen-bond donors (Lipinski definition) is 0. The van der Waals surface area contributed by atoms with Crippen LogP contribution in [-0.2, 0) is 20.0 Å². The molecule has 0 aliphatic carbocycles. The van der Waals surface area contributed by atoms with E-state index in [0.717, 1.165) is 35.6 Å². The van der Waals surface area contributed by atoms with E-state index in [1.54, 1.807) is 0 Å². The summed E-state index contributed by atoms with van der Waals surface area (Å²) in [6.45, 7) is 3.20. The molecular weight excluding hydrogens is 362 g/mol. The van der Waals surface area contributed by atoms with Gasteiger partial charge in [-0.2, -0.15) is 0 Å². The molecule has 1 aliphatic rings. The first kappa shape index (κ1) is 16.0. The number of likely N-dealkylation sites (tertiary alicyclic amines) is 1. The van der Waals surface area contributed by atoms with Gasteiger partial charge in [-0.15, -0.1) is 0 Å². The molecule has 0 N–H and O–H groups in total. The molecule has 1 aliphatic heterocycles. The fourth-order valence-corrected chi connectivity index (χ4v) is 3.80. The van der Waals surface area contributed by atoms with Crippen LogP contribution in [0.5, 0.6) is 0 Å². The van der Waals surface area contributed by atoms with Crippen molar-refractivity contribution in [1.29, 1.82) is 0 Å². The minimum absolute atomic E-state index is 0.681. The third-order valence-corrected chi connectivity index (χ3v) is 5.26. The Morgan fingerprint density at radius 3 is 3.05 bits per heavy atom. The van der Waals surface area contributed by atoms with Crippen LogP contribution in [0.3, 0.4) is 0 Å². The molecule has 2 aromatic rings. The van der Waals surface area contributed by atoms with Gasteiger partial charge in [0.1, 0.15) is 5.82 Å². The lowest BCUT2D eigenvalue weighted by atomic mass is 9.94. The molecule has 1 aromatic carbocycles. The molecule has 118 valence electrons. The molecule has 1 saturated heterocycles. The van der Waals surface area contributed by atoms with Gasteiger partial charge < -0.3 is 4.57 Å². The van der Waals surface area contributed by atoms with Gasteiger partial charge in [-0.3, -0.25) is 4.90 Å². The molecule has 1 atom stereocenters. The predicted octanol–water partition coefficient (Wildman–Crippen LogP) is 4.29. The van der Waals surface area contributed by atoms with Crippen LogP contribution in [0.4, 0.5) is 0 Å². The normalized spacial score (nSPS) is 19.5. The number of aromatic nitrogens is 2. The molecule has 0 bridgehead atoms. The van der Waals surface area contributed by atoms with E-state index in [1.165, 1.54) is 24.2 Å². The fourth-order valence-electron chi connectivity index (χ4n) is 3.22. The van der Waals surface area contributed by atoms with Crippen LogP contribution in [-0.4, -0.2) is 27.5 Å². The van der Waals surface area contributed by atoms with Crippen LogP contribution in [0.15, 0.2) is 35.1 Å². The second kappa shape index (κ2) is 7.16. The highest BCUT2D eigenvalue weighted by Crippen LogP contribution is 2.26. The Bertz CT molecular complexity index is 641. The number of benzene rings is 1. The molecule has 0 amide bonds. The zero-order valence-corrected chi connectivity index (χ0v) is 15.1. The van der Waals surface area contributed by atoms with Crippen LogP contribution in [0.25, 0.3) is 0 Å². The first-order valence-corrected chi connectivity index (χ1v) is 8.91. The molecule has 3 rings (SSSR count). The van der Waals surface area contributed by atoms with Gasteiger partial charge >= 0.3 is 0 Å². The van der Waals surface area contributed by atoms with Crippen molar-refractivity contribution in [3.8, 4) is 0 Å². The maximum absolute atomic E-state index is 6.33. The average molecular weight is 383 g/mol. The lowest BCUT2D eigenvalue weighted by molar-refractivity contribution is 0.165. The van der Waals surface area contributed by atoms with Crippen LogP contribution in [0.2, 0.25) is 5.02 Å². The first-order valence-electron chi connectivity index (χ1n) is 7.74. The Morgan fingerprint density at radius 1 is 1.41 bits per heavy atom. The predicted molar refractivity (Wildman–Crippen MR) is 94.1 cm³/mol. The number of halogens is 2. The fraction of sp³-hybridized carbons (Fsp3) is 0.471. The Balaban J connectivity index is 1.63. The second-order valence-corrected chi connectivity index (χ2v) is 7.46. The summed E-state index contributed by atoms with van der Waals surface area (Å²) in [6.07, 6.45) is 7.51. The van der Waals surface area contributed by atoms with Gasteiger partial charge in [-0.1, -0.05) is 27.5 Å². The van der Waals surface area contributed by atoms with Gasteiger partial charge in [0.05, 0.1) is 0 Å². The van der Waals surface area contributed by atoms with Crippen molar-refractivity contribution >= 4 is 27.5 Å². The third kappa shape index (κ3) is 3.92. The van der Waals surface area contributed by atoms with Crippen molar-refractivity contribution in [2.45, 2.75) is 25.8 Å². The number of piperidine rings is 1. The van der Waals surface area contributed by atoms with Gasteiger partial charge in [-0.25, -0.2) is 4.98 Å². The number of hydrogen-bond acceptors (Lipinski definition) is 2. The monoisotopic (exact) mass is 381 g/mol. The van der Waals surface area contributed by atoms with Crippen molar-refractivity contribution in [1.82, 2.24) is 14.5 Å². The van der Waals surface area contributed by atoms with Gasteiger partial charge in [0.25, 0.3) is 0 Å². The summed E-state index contributed by atoms with van der Waals surface area (Å²) in [5, 5.41) is 0.856. The van der Waals surface area contributed by atoms with E-state index in [9.17, 15) is 0 Å². The maximum atomic E-state index is 6.33. The van der Waals surface area contributed by atoms with Crippen molar-refractivity contribution < 1.29 is 0 Å². The molecule has 5 heteroatoms. The topological polar surface area (TPSA) is 21.1 Å². The zero-order valence-electron chi connectivity index (χ0n) is 12.8. The van der Waals surface area contributed by atoms with Crippen LogP contribution in [0, 0.1) is 5.92 Å². The van der Waals surface area contributed by atoms with Gasteiger partial charge in [0.15, 0.2) is 0 Å². The number of nitrogens with zero attached hydrogens (tertiary/aromatic N) is 3. The highest BCUT2D eigenvalue weighted by atomic mass is 79.9. The summed E-state index contributed by atoms with van der Waals surface area (Å²) < 4.78 is 3.22. The van der Waals surface area contributed by atoms with E-state index in [-0.39, 0.29) is 0 Å². The quantitative estimate of drug-likeness (QED) is 0.786. The maximum Gasteiger partial charge on any atom is 0.108 e. The molecule has 0 saturated carbocycles. The SMILES string of the molecule is Cn1ccnc1C[C@H]1CCCN(Cc2cc(Br)ccc2Cl)C1. The van der Waals surface area contributed by atoms with Crippen LogP contribution in [0.1, 0.15) is 24.2 Å². The van der Waals surface area contributed by atoms with E-state index in [0.29, 0.717) is 5.92 Å². The van der Waals surface area contributed by atoms with E-state index in [1.807, 2.05) is 24.5 Å². The Hall–Kier alpha value is -0.840. The summed E-state index contributed by atoms with van der Waals surface area (Å²) >= 11 is 9.86. The Morgan fingerprint density at radius 2 is 2.27 bits per heavy atom. The van der Waals surface area contributed by atoms with Crippen LogP contribution >= 0.6 is 27.5 Å². The molecule has 0 radical (unpaired) electrons. The Kier molecular flexibility index (Phi) is 5.21. The van der Waals surface area contributed by atoms with E-state index in [2.05, 4.69) is 43.5 Å². The lowest BCUT2D eigenvalue weighted by Gasteiger charge is -2.32. The number of rotatable bonds is 4. The highest BCUT2D eigenvalue weighted by Gasteiger charge is 2.22. The molecule has 1 aromatic heterocycles. The van der Waals surface area contributed by atoms with Crippen molar-refractivity contribution in [2.24, 2.45) is 13.0 Å². The van der Waals surface area contributed by atoms with Crippen LogP contribution < -0.4 is 0 Å². The standard InChI is InChI=1S/C17H21BrClN3/c1-21-8-6-20-17(21)9-13-3-2-7-22(11-13)12-14-10-15(18)4-5-16(14)19/h4-6,8,10,13H,2-3,7,9,11-12H2,1H3/t13-/m1/s1. The van der Waals surface area contributed by atoms with Crippen molar-refractivity contribution in [3.63, 3.8) is 0 Å². The molecular formula is C17H21BrClN3. The minimum atomic E-state index is 0.681. The van der Waals surface area contributed by atoms with Gasteiger partial charge in [-0.05, 0) is 49.1 Å². The summed E-state index contributed by atoms with van der Waals surface area (Å²) in [5.74, 6) is 1.87. The number of imidazole rings is 1.